The molecule has 26 heavy (non-hydrogen) atoms. The maximum atomic E-state index is 10.7. The molecule has 6 atom stereocenters. The van der Waals surface area contributed by atoms with Gasteiger partial charge in [0, 0.05) is 5.56 Å². The number of hydrogen-bond donors (Lipinski definition) is 2. The number of benzene rings is 2. The van der Waals surface area contributed by atoms with Crippen LogP contribution in [0.2, 0.25) is 0 Å². The molecule has 2 aliphatic heterocycles. The van der Waals surface area contributed by atoms with Gasteiger partial charge < -0.3 is 29.2 Å². The van der Waals surface area contributed by atoms with Gasteiger partial charge in [-0.05, 0) is 5.56 Å². The van der Waals surface area contributed by atoms with E-state index in [1.165, 1.54) is 0 Å². The predicted molar refractivity (Wildman–Crippen MR) is 91.9 cm³/mol. The van der Waals surface area contributed by atoms with Gasteiger partial charge in [0.2, 0.25) is 0 Å². The summed E-state index contributed by atoms with van der Waals surface area (Å²) in [5.41, 5.74) is 1.81. The van der Waals surface area contributed by atoms with Crippen molar-refractivity contribution in [2.45, 2.75) is 43.6 Å². The summed E-state index contributed by atoms with van der Waals surface area (Å²) in [6.45, 7) is 0.489. The molecule has 2 heterocycles. The number of ether oxygens (including phenoxy) is 4. The summed E-state index contributed by atoms with van der Waals surface area (Å²) in [5.74, 6) is 0. The second-order valence-corrected chi connectivity index (χ2v) is 6.49. The van der Waals surface area contributed by atoms with Crippen molar-refractivity contribution in [1.82, 2.24) is 0 Å². The first-order chi connectivity index (χ1) is 12.7. The average Bonchev–Trinajstić information content (AvgIpc) is 2.69. The van der Waals surface area contributed by atoms with Crippen molar-refractivity contribution in [3.63, 3.8) is 0 Å². The summed E-state index contributed by atoms with van der Waals surface area (Å²) in [7, 11) is 0. The zero-order valence-corrected chi connectivity index (χ0v) is 14.2. The first-order valence-corrected chi connectivity index (χ1v) is 8.71. The molecule has 0 aromatic heterocycles. The van der Waals surface area contributed by atoms with Gasteiger partial charge in [-0.15, -0.1) is 0 Å². The minimum atomic E-state index is -1.24. The van der Waals surface area contributed by atoms with E-state index >= 15 is 0 Å². The maximum Gasteiger partial charge on any atom is 0.184 e. The summed E-state index contributed by atoms with van der Waals surface area (Å²) >= 11 is 0. The van der Waals surface area contributed by atoms with Crippen LogP contribution in [0.4, 0.5) is 0 Å². The Balaban J connectivity index is 1.44. The van der Waals surface area contributed by atoms with Crippen molar-refractivity contribution in [3.05, 3.63) is 71.8 Å². The van der Waals surface area contributed by atoms with Crippen LogP contribution in [0.3, 0.4) is 0 Å². The molecule has 0 saturated carbocycles. The molecule has 6 nitrogen and oxygen atoms in total. The molecule has 2 aromatic carbocycles. The molecule has 0 radical (unpaired) electrons. The largest absolute Gasteiger partial charge is 0.387 e. The molecule has 0 bridgehead atoms. The van der Waals surface area contributed by atoms with Crippen LogP contribution in [0, 0.1) is 0 Å². The standard InChI is InChI=1S/C20H22O6/c21-16-17-15(12-24-20(26-17)14-9-5-2-6-10-14)25-19(22)18(16)23-11-13-7-3-1-4-8-13/h1-10,15-22H,11-12H2/t15-,16+,17-,18-,19+,20-/m1/s1. The first kappa shape index (κ1) is 17.6. The lowest BCUT2D eigenvalue weighted by Crippen LogP contribution is -2.62. The Morgan fingerprint density at radius 2 is 1.62 bits per heavy atom. The fourth-order valence-corrected chi connectivity index (χ4v) is 3.31. The highest BCUT2D eigenvalue weighted by Crippen LogP contribution is 2.34. The molecular formula is C20H22O6. The molecule has 4 rings (SSSR count). The summed E-state index contributed by atoms with van der Waals surface area (Å²) in [6, 6.07) is 19.1. The Labute approximate surface area is 151 Å². The summed E-state index contributed by atoms with van der Waals surface area (Å²) in [6.07, 6.45) is -4.93. The van der Waals surface area contributed by atoms with Crippen LogP contribution in [0.5, 0.6) is 0 Å². The molecule has 2 aromatic rings. The molecule has 0 amide bonds. The van der Waals surface area contributed by atoms with Gasteiger partial charge in [-0.1, -0.05) is 60.7 Å². The fraction of sp³-hybridized carbons (Fsp3) is 0.400. The Morgan fingerprint density at radius 1 is 0.923 bits per heavy atom. The van der Waals surface area contributed by atoms with Gasteiger partial charge in [-0.25, -0.2) is 0 Å². The van der Waals surface area contributed by atoms with E-state index in [0.29, 0.717) is 0 Å². The van der Waals surface area contributed by atoms with Crippen LogP contribution in [-0.2, 0) is 25.6 Å². The van der Waals surface area contributed by atoms with Gasteiger partial charge in [0.05, 0.1) is 13.2 Å². The van der Waals surface area contributed by atoms with Crippen molar-refractivity contribution in [2.24, 2.45) is 0 Å². The van der Waals surface area contributed by atoms with E-state index in [2.05, 4.69) is 0 Å². The second kappa shape index (κ2) is 7.84. The second-order valence-electron chi connectivity index (χ2n) is 6.49. The Bertz CT molecular complexity index is 694. The van der Waals surface area contributed by atoms with Crippen LogP contribution < -0.4 is 0 Å². The molecular weight excluding hydrogens is 336 g/mol. The molecule has 138 valence electrons. The SMILES string of the molecule is O[C@@H]1[C@@H](OCc2ccccc2)[C@@H](O)O[C@@H]2CO[C@@H](c3ccccc3)O[C@@H]12. The number of fused-ring (bicyclic) bond motifs is 1. The van der Waals surface area contributed by atoms with Crippen LogP contribution in [-0.4, -0.2) is 47.5 Å². The Morgan fingerprint density at radius 3 is 2.35 bits per heavy atom. The monoisotopic (exact) mass is 358 g/mol. The Hall–Kier alpha value is -1.80. The fourth-order valence-electron chi connectivity index (χ4n) is 3.31. The number of aliphatic hydroxyl groups excluding tert-OH is 2. The molecule has 0 aliphatic carbocycles. The van der Waals surface area contributed by atoms with Crippen molar-refractivity contribution in [3.8, 4) is 0 Å². The third-order valence-corrected chi connectivity index (χ3v) is 4.68. The first-order valence-electron chi connectivity index (χ1n) is 8.71. The van der Waals surface area contributed by atoms with E-state index < -0.39 is 37.0 Å². The Kier molecular flexibility index (Phi) is 5.31. The van der Waals surface area contributed by atoms with E-state index in [1.807, 2.05) is 60.7 Å². The lowest BCUT2D eigenvalue weighted by molar-refractivity contribution is -0.360. The number of rotatable bonds is 4. The lowest BCUT2D eigenvalue weighted by atomic mass is 9.97. The summed E-state index contributed by atoms with van der Waals surface area (Å²) < 4.78 is 22.9. The van der Waals surface area contributed by atoms with Crippen LogP contribution >= 0.6 is 0 Å². The van der Waals surface area contributed by atoms with Gasteiger partial charge in [0.1, 0.15) is 24.4 Å². The van der Waals surface area contributed by atoms with Crippen LogP contribution in [0.15, 0.2) is 60.7 Å². The summed E-state index contributed by atoms with van der Waals surface area (Å²) in [5, 5.41) is 21.0. The molecule has 0 spiro atoms. The van der Waals surface area contributed by atoms with Crippen molar-refractivity contribution in [1.29, 1.82) is 0 Å². The zero-order valence-electron chi connectivity index (χ0n) is 14.2. The van der Waals surface area contributed by atoms with Gasteiger partial charge in [-0.2, -0.15) is 0 Å². The van der Waals surface area contributed by atoms with Gasteiger partial charge in [-0.3, -0.25) is 0 Å². The highest BCUT2D eigenvalue weighted by molar-refractivity contribution is 5.17. The van der Waals surface area contributed by atoms with E-state index in [4.69, 9.17) is 18.9 Å². The van der Waals surface area contributed by atoms with Crippen molar-refractivity contribution in [2.75, 3.05) is 6.61 Å². The van der Waals surface area contributed by atoms with E-state index in [-0.39, 0.29) is 13.2 Å². The van der Waals surface area contributed by atoms with Crippen molar-refractivity contribution >= 4 is 0 Å². The smallest absolute Gasteiger partial charge is 0.184 e. The third kappa shape index (κ3) is 3.66. The minimum absolute atomic E-state index is 0.226. The molecule has 2 aliphatic rings. The molecule has 2 saturated heterocycles. The zero-order chi connectivity index (χ0) is 17.9. The van der Waals surface area contributed by atoms with Crippen LogP contribution in [0.1, 0.15) is 17.4 Å². The topological polar surface area (TPSA) is 77.4 Å². The van der Waals surface area contributed by atoms with Crippen LogP contribution in [0.25, 0.3) is 0 Å². The van der Waals surface area contributed by atoms with E-state index in [9.17, 15) is 10.2 Å². The van der Waals surface area contributed by atoms with Gasteiger partial charge in [0.15, 0.2) is 12.6 Å². The van der Waals surface area contributed by atoms with Gasteiger partial charge >= 0.3 is 0 Å². The molecule has 0 unspecified atom stereocenters. The lowest BCUT2D eigenvalue weighted by Gasteiger charge is -2.46. The minimum Gasteiger partial charge on any atom is -0.387 e. The molecule has 2 N–H and O–H groups in total. The predicted octanol–water partition coefficient (Wildman–Crippen LogP) is 1.76. The highest BCUT2D eigenvalue weighted by Gasteiger charge is 2.49. The highest BCUT2D eigenvalue weighted by atomic mass is 16.7. The van der Waals surface area contributed by atoms with E-state index in [0.717, 1.165) is 11.1 Å². The number of aliphatic hydroxyl groups is 2. The third-order valence-electron chi connectivity index (χ3n) is 4.68. The number of hydrogen-bond acceptors (Lipinski definition) is 6. The average molecular weight is 358 g/mol. The maximum absolute atomic E-state index is 10.7. The normalized spacial score (nSPS) is 34.2. The quantitative estimate of drug-likeness (QED) is 0.867. The molecule has 2 fully saturated rings. The summed E-state index contributed by atoms with van der Waals surface area (Å²) in [4.78, 5) is 0. The van der Waals surface area contributed by atoms with Gasteiger partial charge in [0.25, 0.3) is 0 Å². The van der Waals surface area contributed by atoms with Crippen molar-refractivity contribution < 1.29 is 29.2 Å². The molecule has 6 heteroatoms. The van der Waals surface area contributed by atoms with E-state index in [1.54, 1.807) is 0 Å².